The van der Waals surface area contributed by atoms with Crippen molar-refractivity contribution in [2.45, 2.75) is 20.8 Å². The van der Waals surface area contributed by atoms with Crippen LogP contribution in [0.25, 0.3) is 87.7 Å². The first kappa shape index (κ1) is 25.1. The highest BCUT2D eigenvalue weighted by molar-refractivity contribution is 6.27. The molecular weight excluding hydrogens is 580 g/mol. The van der Waals surface area contributed by atoms with Crippen molar-refractivity contribution in [3.8, 4) is 5.69 Å². The van der Waals surface area contributed by atoms with Gasteiger partial charge in [-0.1, -0.05) is 66.2 Å². The fourth-order valence-electron chi connectivity index (χ4n) is 8.89. The van der Waals surface area contributed by atoms with Crippen LogP contribution in [0.15, 0.2) is 113 Å². The number of hydrogen-bond acceptors (Lipinski definition) is 2. The van der Waals surface area contributed by atoms with Gasteiger partial charge in [0.05, 0.1) is 55.3 Å². The second-order valence-electron chi connectivity index (χ2n) is 13.1. The Morgan fingerprint density at radius 2 is 0.851 bits per heavy atom. The molecule has 6 aromatic carbocycles. The summed E-state index contributed by atoms with van der Waals surface area (Å²) in [5.74, 6) is 0. The van der Waals surface area contributed by atoms with E-state index < -0.39 is 0 Å². The maximum Gasteiger partial charge on any atom is 0.263 e. The van der Waals surface area contributed by atoms with Crippen LogP contribution in [0.4, 0.5) is 0 Å². The Balaban J connectivity index is 1.61. The number of para-hydroxylation sites is 2. The van der Waals surface area contributed by atoms with Gasteiger partial charge in [-0.2, -0.15) is 0 Å². The number of aryl methyl sites for hydroxylation is 3. The molecule has 0 saturated heterocycles. The third kappa shape index (κ3) is 2.76. The molecule has 0 aliphatic rings. The first-order valence-corrected chi connectivity index (χ1v) is 16.0. The summed E-state index contributed by atoms with van der Waals surface area (Å²) in [6.07, 6.45) is 0. The van der Waals surface area contributed by atoms with Crippen molar-refractivity contribution >= 4 is 82.0 Å². The third-order valence-corrected chi connectivity index (χ3v) is 10.5. The summed E-state index contributed by atoms with van der Waals surface area (Å²) in [4.78, 5) is 29.4. The molecule has 0 spiro atoms. The molecule has 0 bridgehead atoms. The van der Waals surface area contributed by atoms with Crippen LogP contribution in [0.1, 0.15) is 16.7 Å². The molecule has 11 aromatic rings. The van der Waals surface area contributed by atoms with Crippen LogP contribution in [0.2, 0.25) is 0 Å². The zero-order valence-corrected chi connectivity index (χ0v) is 25.9. The van der Waals surface area contributed by atoms with E-state index in [1.54, 1.807) is 0 Å². The van der Waals surface area contributed by atoms with E-state index in [9.17, 15) is 9.59 Å². The molecule has 0 amide bonds. The predicted octanol–water partition coefficient (Wildman–Crippen LogP) is 8.68. The maximum atomic E-state index is 14.7. The molecule has 0 aliphatic carbocycles. The van der Waals surface area contributed by atoms with E-state index in [-0.39, 0.29) is 11.1 Å². The van der Waals surface area contributed by atoms with Gasteiger partial charge in [-0.3, -0.25) is 22.8 Å². The average Bonchev–Trinajstić information content (AvgIpc) is 3.08. The van der Waals surface area contributed by atoms with Crippen LogP contribution in [0.5, 0.6) is 0 Å². The van der Waals surface area contributed by atoms with Crippen molar-refractivity contribution in [3.05, 3.63) is 141 Å². The van der Waals surface area contributed by atoms with Crippen molar-refractivity contribution < 1.29 is 0 Å². The second-order valence-corrected chi connectivity index (χ2v) is 13.1. The molecule has 0 aliphatic heterocycles. The molecule has 0 unspecified atom stereocenters. The summed E-state index contributed by atoms with van der Waals surface area (Å²) in [7, 11) is 0. The smallest absolute Gasteiger partial charge is 0.263 e. The molecule has 0 N–H and O–H groups in total. The van der Waals surface area contributed by atoms with E-state index in [1.165, 1.54) is 5.56 Å². The number of fused-ring (bicyclic) bond motifs is 6. The van der Waals surface area contributed by atoms with Crippen LogP contribution in [-0.4, -0.2) is 17.8 Å². The lowest BCUT2D eigenvalue weighted by atomic mass is 9.97. The highest BCUT2D eigenvalue weighted by atomic mass is 16.1. The first-order chi connectivity index (χ1) is 22.9. The van der Waals surface area contributed by atoms with Gasteiger partial charge in [0.2, 0.25) is 0 Å². The van der Waals surface area contributed by atoms with Gasteiger partial charge in [-0.05, 0) is 85.1 Å². The molecule has 0 radical (unpaired) electrons. The topological polar surface area (TPSA) is 52.3 Å². The van der Waals surface area contributed by atoms with Gasteiger partial charge in [-0.15, -0.1) is 0 Å². The maximum absolute atomic E-state index is 14.7. The number of rotatable bonds is 1. The minimum absolute atomic E-state index is 0.0645. The minimum Gasteiger partial charge on any atom is -0.306 e. The van der Waals surface area contributed by atoms with Gasteiger partial charge in [0.1, 0.15) is 0 Å². The molecule has 5 aromatic heterocycles. The molecule has 6 nitrogen and oxygen atoms in total. The van der Waals surface area contributed by atoms with E-state index in [2.05, 4.69) is 84.3 Å². The lowest BCUT2D eigenvalue weighted by Crippen LogP contribution is -2.23. The molecule has 0 fully saturated rings. The van der Waals surface area contributed by atoms with E-state index in [0.29, 0.717) is 10.8 Å². The summed E-state index contributed by atoms with van der Waals surface area (Å²) in [6.45, 7) is 6.45. The molecule has 5 heterocycles. The Morgan fingerprint density at radius 3 is 1.34 bits per heavy atom. The number of aromatic nitrogens is 4. The number of nitrogens with zero attached hydrogens (tertiary/aromatic N) is 4. The van der Waals surface area contributed by atoms with Crippen molar-refractivity contribution in [1.82, 2.24) is 17.8 Å². The van der Waals surface area contributed by atoms with Gasteiger partial charge in [0.15, 0.2) is 0 Å². The summed E-state index contributed by atoms with van der Waals surface area (Å²) in [5, 5.41) is 5.14. The van der Waals surface area contributed by atoms with E-state index >= 15 is 0 Å². The normalized spacial score (nSPS) is 12.7. The largest absolute Gasteiger partial charge is 0.306 e. The van der Waals surface area contributed by atoms with Crippen LogP contribution in [0.3, 0.4) is 0 Å². The van der Waals surface area contributed by atoms with Crippen LogP contribution in [0, 0.1) is 20.8 Å². The second kappa shape index (κ2) is 8.17. The minimum atomic E-state index is -0.0645. The molecule has 0 saturated carbocycles. The summed E-state index contributed by atoms with van der Waals surface area (Å²) in [6, 6.07) is 35.0. The zero-order valence-electron chi connectivity index (χ0n) is 25.9. The highest BCUT2D eigenvalue weighted by Gasteiger charge is 2.28. The number of hydrogen-bond donors (Lipinski definition) is 0. The van der Waals surface area contributed by atoms with Gasteiger partial charge in [0.25, 0.3) is 11.1 Å². The molecular formula is C41H26N4O2. The van der Waals surface area contributed by atoms with E-state index in [4.69, 9.17) is 0 Å². The molecule has 11 rings (SSSR count). The van der Waals surface area contributed by atoms with E-state index in [0.717, 1.165) is 88.0 Å². The lowest BCUT2D eigenvalue weighted by Gasteiger charge is -2.28. The van der Waals surface area contributed by atoms with Gasteiger partial charge < -0.3 is 4.57 Å². The Hall–Kier alpha value is -6.14. The van der Waals surface area contributed by atoms with Gasteiger partial charge in [-0.25, -0.2) is 0 Å². The Morgan fingerprint density at radius 1 is 0.404 bits per heavy atom. The quantitative estimate of drug-likeness (QED) is 0.139. The standard InChI is InChI=1S/C41H26N4O2/c1-21-18-22(2)34(23(3)19-21)42-30-14-8-16-32-37(30)45-38-31(42)15-9-17-33(38)44-36-29(25-11-5-7-13-27(25)41(44)47)20-28-24-10-4-6-12-26(24)40(46)43(32)35(28)39(36)45/h4-20H,1-3H3. The van der Waals surface area contributed by atoms with E-state index in [1.807, 2.05) is 57.3 Å². The highest BCUT2D eigenvalue weighted by Crippen LogP contribution is 2.43. The molecule has 0 atom stereocenters. The molecule has 47 heavy (non-hydrogen) atoms. The van der Waals surface area contributed by atoms with Crippen molar-refractivity contribution in [2.75, 3.05) is 0 Å². The lowest BCUT2D eigenvalue weighted by molar-refractivity contribution is 1.06. The van der Waals surface area contributed by atoms with Crippen LogP contribution >= 0.6 is 0 Å². The fraction of sp³-hybridized carbons (Fsp3) is 0.0732. The third-order valence-electron chi connectivity index (χ3n) is 10.5. The first-order valence-electron chi connectivity index (χ1n) is 16.0. The van der Waals surface area contributed by atoms with Gasteiger partial charge >= 0.3 is 0 Å². The SMILES string of the molecule is Cc1cc(C)c(-n2c3cccc4c3n3c5c2cccc5n2c(=O)c5ccccc5c5cc6c7ccccc7c(=O)n4c6c3c52)c(C)c1. The van der Waals surface area contributed by atoms with Crippen LogP contribution < -0.4 is 11.1 Å². The van der Waals surface area contributed by atoms with Crippen molar-refractivity contribution in [3.63, 3.8) is 0 Å². The Labute approximate surface area is 266 Å². The fourth-order valence-corrected chi connectivity index (χ4v) is 8.89. The monoisotopic (exact) mass is 606 g/mol. The summed E-state index contributed by atoms with van der Waals surface area (Å²) < 4.78 is 8.48. The number of pyridine rings is 2. The summed E-state index contributed by atoms with van der Waals surface area (Å²) in [5.41, 5.74) is 12.6. The van der Waals surface area contributed by atoms with Crippen molar-refractivity contribution in [2.24, 2.45) is 0 Å². The predicted molar refractivity (Wildman–Crippen MR) is 193 cm³/mol. The van der Waals surface area contributed by atoms with Crippen LogP contribution in [-0.2, 0) is 0 Å². The summed E-state index contributed by atoms with van der Waals surface area (Å²) >= 11 is 0. The Kier molecular flexibility index (Phi) is 4.36. The number of benzene rings is 6. The van der Waals surface area contributed by atoms with Crippen molar-refractivity contribution in [1.29, 1.82) is 0 Å². The van der Waals surface area contributed by atoms with Gasteiger partial charge in [0, 0.05) is 21.5 Å². The zero-order chi connectivity index (χ0) is 31.5. The average molecular weight is 607 g/mol. The molecule has 6 heteroatoms. The molecule has 222 valence electrons. The Bertz CT molecular complexity index is 3110.